The first-order chi connectivity index (χ1) is 15.3. The number of hydrogen-bond acceptors (Lipinski definition) is 6. The first-order valence-electron chi connectivity index (χ1n) is 12.0. The molecule has 164 valence electrons. The van der Waals surface area contributed by atoms with Gasteiger partial charge in [0.25, 0.3) is 0 Å². The van der Waals surface area contributed by atoms with E-state index in [-0.39, 0.29) is 11.9 Å². The van der Waals surface area contributed by atoms with Crippen LogP contribution >= 0.6 is 0 Å². The van der Waals surface area contributed by atoms with Crippen molar-refractivity contribution in [2.75, 3.05) is 29.9 Å². The van der Waals surface area contributed by atoms with Crippen LogP contribution in [0.5, 0.6) is 0 Å². The van der Waals surface area contributed by atoms with Gasteiger partial charge < -0.3 is 15.1 Å². The van der Waals surface area contributed by atoms with Crippen LogP contribution in [0.1, 0.15) is 74.2 Å². The van der Waals surface area contributed by atoms with E-state index in [1.807, 2.05) is 4.90 Å². The lowest BCUT2D eigenvalue weighted by Crippen LogP contribution is -2.45. The Bertz CT molecular complexity index is 976. The molecule has 1 saturated carbocycles. The second-order valence-electron chi connectivity index (χ2n) is 9.50. The third-order valence-corrected chi connectivity index (χ3v) is 7.52. The van der Waals surface area contributed by atoms with E-state index >= 15 is 0 Å². The standard InChI is InChI=1S/C23H31N7O/c31-22(29-11-1-2-12-29)19-10-5-13-30(19)23-24-17-9-4-8-16(17)21(26-23)25-20-14-18(27-28-20)15-6-3-7-15/h14-15,19H,1-13H2,(H2,24,25,26,27,28). The summed E-state index contributed by atoms with van der Waals surface area (Å²) in [6, 6.07) is 2.00. The molecule has 0 aromatic carbocycles. The van der Waals surface area contributed by atoms with Gasteiger partial charge in [0, 0.05) is 42.9 Å². The number of anilines is 3. The molecule has 2 aliphatic carbocycles. The van der Waals surface area contributed by atoms with E-state index in [0.29, 0.717) is 11.9 Å². The molecule has 6 rings (SSSR count). The van der Waals surface area contributed by atoms with Crippen LogP contribution < -0.4 is 10.2 Å². The van der Waals surface area contributed by atoms with Gasteiger partial charge in [-0.2, -0.15) is 10.1 Å². The minimum Gasteiger partial charge on any atom is -0.341 e. The molecule has 3 fully saturated rings. The summed E-state index contributed by atoms with van der Waals surface area (Å²) in [5.41, 5.74) is 3.55. The summed E-state index contributed by atoms with van der Waals surface area (Å²) >= 11 is 0. The summed E-state index contributed by atoms with van der Waals surface area (Å²) in [7, 11) is 0. The Kier molecular flexibility index (Phi) is 4.80. The highest BCUT2D eigenvalue weighted by molar-refractivity contribution is 5.85. The Labute approximate surface area is 182 Å². The van der Waals surface area contributed by atoms with Gasteiger partial charge in [-0.1, -0.05) is 6.42 Å². The average Bonchev–Trinajstić information content (AvgIpc) is 3.52. The van der Waals surface area contributed by atoms with Crippen LogP contribution in [0.2, 0.25) is 0 Å². The summed E-state index contributed by atoms with van der Waals surface area (Å²) in [6.45, 7) is 2.63. The molecule has 0 bridgehead atoms. The monoisotopic (exact) mass is 421 g/mol. The van der Waals surface area contributed by atoms with Crippen LogP contribution in [-0.2, 0) is 17.6 Å². The summed E-state index contributed by atoms with van der Waals surface area (Å²) in [5.74, 6) is 3.27. The number of aromatic nitrogens is 4. The molecule has 2 aliphatic heterocycles. The fourth-order valence-electron chi connectivity index (χ4n) is 5.51. The number of likely N-dealkylation sites (tertiary alicyclic amines) is 1. The number of carbonyl (C=O) groups excluding carboxylic acids is 1. The van der Waals surface area contributed by atoms with Crippen molar-refractivity contribution < 1.29 is 4.79 Å². The molecule has 8 nitrogen and oxygen atoms in total. The molecule has 8 heteroatoms. The maximum absolute atomic E-state index is 13.1. The van der Waals surface area contributed by atoms with E-state index in [4.69, 9.17) is 9.97 Å². The van der Waals surface area contributed by atoms with Crippen LogP contribution in [0.25, 0.3) is 0 Å². The van der Waals surface area contributed by atoms with Gasteiger partial charge in [-0.05, 0) is 57.8 Å². The third kappa shape index (κ3) is 3.46. The number of H-pyrrole nitrogens is 1. The molecule has 2 aromatic heterocycles. The number of carbonyl (C=O) groups is 1. The summed E-state index contributed by atoms with van der Waals surface area (Å²) in [6.07, 6.45) is 11.0. The van der Waals surface area contributed by atoms with Crippen LogP contribution in [0.3, 0.4) is 0 Å². The van der Waals surface area contributed by atoms with Crippen LogP contribution in [-0.4, -0.2) is 56.6 Å². The lowest BCUT2D eigenvalue weighted by Gasteiger charge is -2.28. The second kappa shape index (κ2) is 7.80. The number of aromatic amines is 1. The van der Waals surface area contributed by atoms with Gasteiger partial charge in [0.1, 0.15) is 11.9 Å². The SMILES string of the molecule is O=C(C1CCCN1c1nc2c(c(Nc3cc(C4CCC4)[nH]n3)n1)CCC2)N1CCCC1. The largest absolute Gasteiger partial charge is 0.341 e. The third-order valence-electron chi connectivity index (χ3n) is 7.52. The summed E-state index contributed by atoms with van der Waals surface area (Å²) in [4.78, 5) is 27.2. The maximum Gasteiger partial charge on any atom is 0.245 e. The Morgan fingerprint density at radius 1 is 1.00 bits per heavy atom. The molecule has 1 atom stereocenters. The number of nitrogens with one attached hydrogen (secondary N) is 2. The van der Waals surface area contributed by atoms with Gasteiger partial charge >= 0.3 is 0 Å². The topological polar surface area (TPSA) is 90.0 Å². The zero-order valence-electron chi connectivity index (χ0n) is 18.1. The van der Waals surface area contributed by atoms with E-state index in [9.17, 15) is 4.79 Å². The fraction of sp³-hybridized carbons (Fsp3) is 0.652. The number of amides is 1. The Morgan fingerprint density at radius 3 is 2.68 bits per heavy atom. The van der Waals surface area contributed by atoms with E-state index in [0.717, 1.165) is 81.9 Å². The minimum atomic E-state index is -0.124. The molecule has 4 aliphatic rings. The van der Waals surface area contributed by atoms with Crippen molar-refractivity contribution in [1.82, 2.24) is 25.1 Å². The highest BCUT2D eigenvalue weighted by Crippen LogP contribution is 2.37. The zero-order chi connectivity index (χ0) is 20.8. The van der Waals surface area contributed by atoms with Crippen molar-refractivity contribution in [2.45, 2.75) is 76.2 Å². The number of rotatable bonds is 5. The van der Waals surface area contributed by atoms with Gasteiger partial charge in [0.15, 0.2) is 5.82 Å². The average molecular weight is 422 g/mol. The molecular formula is C23H31N7O. The maximum atomic E-state index is 13.1. The molecule has 2 saturated heterocycles. The van der Waals surface area contributed by atoms with Crippen molar-refractivity contribution in [3.63, 3.8) is 0 Å². The quantitative estimate of drug-likeness (QED) is 0.770. The number of hydrogen-bond donors (Lipinski definition) is 2. The van der Waals surface area contributed by atoms with E-state index in [1.165, 1.54) is 30.5 Å². The first kappa shape index (κ1) is 19.1. The van der Waals surface area contributed by atoms with Crippen molar-refractivity contribution in [3.05, 3.63) is 23.0 Å². The molecule has 31 heavy (non-hydrogen) atoms. The van der Waals surface area contributed by atoms with E-state index in [2.05, 4.69) is 26.5 Å². The summed E-state index contributed by atoms with van der Waals surface area (Å²) < 4.78 is 0. The molecule has 1 unspecified atom stereocenters. The van der Waals surface area contributed by atoms with Gasteiger partial charge in [-0.25, -0.2) is 4.98 Å². The van der Waals surface area contributed by atoms with Crippen molar-refractivity contribution >= 4 is 23.5 Å². The Balaban J connectivity index is 1.28. The fourth-order valence-corrected chi connectivity index (χ4v) is 5.51. The lowest BCUT2D eigenvalue weighted by atomic mass is 9.83. The van der Waals surface area contributed by atoms with Crippen LogP contribution in [0, 0.1) is 0 Å². The zero-order valence-corrected chi connectivity index (χ0v) is 18.1. The molecule has 1 amide bonds. The predicted octanol–water partition coefficient (Wildman–Crippen LogP) is 3.29. The molecule has 2 N–H and O–H groups in total. The highest BCUT2D eigenvalue weighted by Gasteiger charge is 2.37. The van der Waals surface area contributed by atoms with Gasteiger partial charge in [0.2, 0.25) is 11.9 Å². The van der Waals surface area contributed by atoms with Crippen molar-refractivity contribution in [2.24, 2.45) is 0 Å². The molecule has 0 spiro atoms. The number of aryl methyl sites for hydroxylation is 1. The number of fused-ring (bicyclic) bond motifs is 1. The van der Waals surface area contributed by atoms with Crippen molar-refractivity contribution in [1.29, 1.82) is 0 Å². The number of nitrogens with zero attached hydrogens (tertiary/aromatic N) is 5. The van der Waals surface area contributed by atoms with Gasteiger partial charge in [-0.15, -0.1) is 0 Å². The Morgan fingerprint density at radius 2 is 1.87 bits per heavy atom. The van der Waals surface area contributed by atoms with E-state index in [1.54, 1.807) is 0 Å². The Hall–Kier alpha value is -2.64. The highest BCUT2D eigenvalue weighted by atomic mass is 16.2. The first-order valence-corrected chi connectivity index (χ1v) is 12.0. The normalized spacial score (nSPS) is 23.3. The molecule has 0 radical (unpaired) electrons. The van der Waals surface area contributed by atoms with E-state index < -0.39 is 0 Å². The lowest BCUT2D eigenvalue weighted by molar-refractivity contribution is -0.131. The minimum absolute atomic E-state index is 0.124. The second-order valence-corrected chi connectivity index (χ2v) is 9.50. The molecule has 2 aromatic rings. The van der Waals surface area contributed by atoms with Gasteiger partial charge in [-0.3, -0.25) is 9.89 Å². The molecular weight excluding hydrogens is 390 g/mol. The van der Waals surface area contributed by atoms with Gasteiger partial charge in [0.05, 0.1) is 5.69 Å². The van der Waals surface area contributed by atoms with Crippen LogP contribution in [0.15, 0.2) is 6.07 Å². The smallest absolute Gasteiger partial charge is 0.245 e. The van der Waals surface area contributed by atoms with Crippen LogP contribution in [0.4, 0.5) is 17.6 Å². The van der Waals surface area contributed by atoms with Crippen molar-refractivity contribution in [3.8, 4) is 0 Å². The predicted molar refractivity (Wildman–Crippen MR) is 119 cm³/mol. The summed E-state index contributed by atoms with van der Waals surface area (Å²) in [5, 5.41) is 11.2. The molecule has 4 heterocycles.